The Morgan fingerprint density at radius 2 is 1.78 bits per heavy atom. The third-order valence-electron chi connectivity index (χ3n) is 5.12. The van der Waals surface area contributed by atoms with E-state index in [4.69, 9.17) is 0 Å². The molecular formula is C19H18FN3O3S. The molecule has 1 N–H and O–H groups in total. The molecule has 2 fully saturated rings. The van der Waals surface area contributed by atoms with Gasteiger partial charge in [-0.15, -0.1) is 11.3 Å². The van der Waals surface area contributed by atoms with E-state index in [1.165, 1.54) is 23.5 Å². The highest BCUT2D eigenvalue weighted by Crippen LogP contribution is 2.37. The smallest absolute Gasteiger partial charge is 0.246 e. The van der Waals surface area contributed by atoms with E-state index in [1.54, 1.807) is 17.5 Å². The summed E-state index contributed by atoms with van der Waals surface area (Å²) < 4.78 is 13.0. The minimum Gasteiger partial charge on any atom is -0.300 e. The first-order chi connectivity index (χ1) is 13.0. The first kappa shape index (κ1) is 17.8. The molecule has 2 aliphatic rings. The molecule has 0 spiro atoms. The van der Waals surface area contributed by atoms with E-state index >= 15 is 0 Å². The number of anilines is 1. The zero-order valence-corrected chi connectivity index (χ0v) is 15.3. The highest BCUT2D eigenvalue weighted by Gasteiger charge is 2.48. The normalized spacial score (nSPS) is 22.0. The number of carbonyl (C=O) groups is 3. The monoisotopic (exact) mass is 387 g/mol. The van der Waals surface area contributed by atoms with Gasteiger partial charge in [-0.1, -0.05) is 12.8 Å². The van der Waals surface area contributed by atoms with Crippen molar-refractivity contribution in [3.8, 4) is 11.3 Å². The molecule has 2 heterocycles. The van der Waals surface area contributed by atoms with Crippen LogP contribution in [0.3, 0.4) is 0 Å². The number of nitrogens with one attached hydrogen (secondary N) is 1. The van der Waals surface area contributed by atoms with Crippen LogP contribution in [0.5, 0.6) is 0 Å². The second-order valence-corrected chi connectivity index (χ2v) is 7.71. The van der Waals surface area contributed by atoms with Gasteiger partial charge in [0.15, 0.2) is 5.13 Å². The third kappa shape index (κ3) is 3.49. The van der Waals surface area contributed by atoms with Gasteiger partial charge in [0, 0.05) is 10.9 Å². The molecule has 0 radical (unpaired) electrons. The first-order valence-electron chi connectivity index (χ1n) is 8.89. The second kappa shape index (κ2) is 7.19. The average molecular weight is 387 g/mol. The van der Waals surface area contributed by atoms with Crippen molar-refractivity contribution in [1.82, 2.24) is 9.88 Å². The van der Waals surface area contributed by atoms with Gasteiger partial charge in [0.1, 0.15) is 12.4 Å². The maximum absolute atomic E-state index is 13.0. The molecule has 1 aliphatic carbocycles. The van der Waals surface area contributed by atoms with Crippen LogP contribution in [0.25, 0.3) is 11.3 Å². The van der Waals surface area contributed by atoms with Gasteiger partial charge in [0.25, 0.3) is 0 Å². The van der Waals surface area contributed by atoms with Crippen LogP contribution in [0, 0.1) is 17.7 Å². The van der Waals surface area contributed by atoms with Gasteiger partial charge in [0.05, 0.1) is 17.5 Å². The Morgan fingerprint density at radius 1 is 1.15 bits per heavy atom. The zero-order valence-electron chi connectivity index (χ0n) is 14.5. The van der Waals surface area contributed by atoms with Crippen molar-refractivity contribution in [3.63, 3.8) is 0 Å². The minimum atomic E-state index is -0.449. The molecule has 27 heavy (non-hydrogen) atoms. The van der Waals surface area contributed by atoms with E-state index in [1.807, 2.05) is 0 Å². The Bertz CT molecular complexity index is 872. The number of nitrogens with zero attached hydrogens (tertiary/aromatic N) is 2. The summed E-state index contributed by atoms with van der Waals surface area (Å²) in [5, 5.41) is 4.77. The Balaban J connectivity index is 1.40. The molecule has 140 valence electrons. The predicted octanol–water partition coefficient (Wildman–Crippen LogP) is 3.06. The van der Waals surface area contributed by atoms with Crippen LogP contribution in [0.15, 0.2) is 29.6 Å². The number of likely N-dealkylation sites (tertiary alicyclic amines) is 1. The average Bonchev–Trinajstić information content (AvgIpc) is 3.22. The van der Waals surface area contributed by atoms with E-state index in [0.717, 1.165) is 36.1 Å². The van der Waals surface area contributed by atoms with Gasteiger partial charge in [-0.3, -0.25) is 19.3 Å². The van der Waals surface area contributed by atoms with Crippen molar-refractivity contribution >= 4 is 34.2 Å². The van der Waals surface area contributed by atoms with E-state index in [2.05, 4.69) is 10.3 Å². The summed E-state index contributed by atoms with van der Waals surface area (Å²) in [6.07, 6.45) is 3.35. The molecule has 3 amide bonds. The van der Waals surface area contributed by atoms with Crippen LogP contribution in [0.2, 0.25) is 0 Å². The lowest BCUT2D eigenvalue weighted by atomic mass is 9.81. The number of hydrogen-bond acceptors (Lipinski definition) is 5. The maximum Gasteiger partial charge on any atom is 0.246 e. The number of thiazole rings is 1. The highest BCUT2D eigenvalue weighted by molar-refractivity contribution is 7.14. The van der Waals surface area contributed by atoms with Crippen LogP contribution in [0.1, 0.15) is 25.7 Å². The summed E-state index contributed by atoms with van der Waals surface area (Å²) in [6, 6.07) is 5.91. The largest absolute Gasteiger partial charge is 0.300 e. The maximum atomic E-state index is 13.0. The molecule has 2 unspecified atom stereocenters. The van der Waals surface area contributed by atoms with Crippen molar-refractivity contribution in [2.24, 2.45) is 11.8 Å². The fourth-order valence-electron chi connectivity index (χ4n) is 3.77. The summed E-state index contributed by atoms with van der Waals surface area (Å²) in [5.41, 5.74) is 1.36. The number of rotatable bonds is 4. The van der Waals surface area contributed by atoms with Crippen molar-refractivity contribution in [2.75, 3.05) is 11.9 Å². The van der Waals surface area contributed by atoms with Crippen LogP contribution >= 0.6 is 11.3 Å². The van der Waals surface area contributed by atoms with Crippen molar-refractivity contribution in [1.29, 1.82) is 0 Å². The summed E-state index contributed by atoms with van der Waals surface area (Å²) in [4.78, 5) is 42.6. The zero-order chi connectivity index (χ0) is 19.0. The van der Waals surface area contributed by atoms with Gasteiger partial charge in [0.2, 0.25) is 17.7 Å². The number of halogens is 1. The molecule has 2 atom stereocenters. The van der Waals surface area contributed by atoms with E-state index in [9.17, 15) is 18.8 Å². The van der Waals surface area contributed by atoms with Gasteiger partial charge < -0.3 is 5.32 Å². The number of benzene rings is 1. The molecular weight excluding hydrogens is 369 g/mol. The molecule has 8 heteroatoms. The quantitative estimate of drug-likeness (QED) is 0.818. The molecule has 1 aromatic carbocycles. The third-order valence-corrected chi connectivity index (χ3v) is 5.88. The van der Waals surface area contributed by atoms with Crippen LogP contribution < -0.4 is 5.32 Å². The standard InChI is InChI=1S/C19H18FN3O3S/c20-12-7-5-11(6-8-12)15-10-27-19(21-15)22-16(24)9-23-17(25)13-3-1-2-4-14(13)18(23)26/h5-8,10,13-14H,1-4,9H2,(H,21,22,24). The number of aromatic nitrogens is 1. The Hall–Kier alpha value is -2.61. The number of amides is 3. The van der Waals surface area contributed by atoms with Crippen LogP contribution in [-0.2, 0) is 14.4 Å². The van der Waals surface area contributed by atoms with Gasteiger partial charge >= 0.3 is 0 Å². The lowest BCUT2D eigenvalue weighted by molar-refractivity contribution is -0.142. The van der Waals surface area contributed by atoms with E-state index in [-0.39, 0.29) is 36.0 Å². The van der Waals surface area contributed by atoms with Crippen molar-refractivity contribution < 1.29 is 18.8 Å². The lowest BCUT2D eigenvalue weighted by Crippen LogP contribution is -2.38. The second-order valence-electron chi connectivity index (χ2n) is 6.85. The van der Waals surface area contributed by atoms with Crippen molar-refractivity contribution in [3.05, 3.63) is 35.5 Å². The van der Waals surface area contributed by atoms with Crippen molar-refractivity contribution in [2.45, 2.75) is 25.7 Å². The molecule has 2 aromatic rings. The number of imide groups is 1. The molecule has 4 rings (SSSR count). The molecule has 1 saturated carbocycles. The number of hydrogen-bond donors (Lipinski definition) is 1. The summed E-state index contributed by atoms with van der Waals surface area (Å²) in [6.45, 7) is -0.282. The highest BCUT2D eigenvalue weighted by atomic mass is 32.1. The topological polar surface area (TPSA) is 79.4 Å². The molecule has 1 aliphatic heterocycles. The fraction of sp³-hybridized carbons (Fsp3) is 0.368. The Morgan fingerprint density at radius 3 is 2.41 bits per heavy atom. The first-order valence-corrected chi connectivity index (χ1v) is 9.77. The van der Waals surface area contributed by atoms with Crippen LogP contribution in [0.4, 0.5) is 9.52 Å². The SMILES string of the molecule is O=C(CN1C(=O)C2CCCCC2C1=O)Nc1nc(-c2ccc(F)cc2)cs1. The minimum absolute atomic E-state index is 0.231. The molecule has 1 aromatic heterocycles. The predicted molar refractivity (Wildman–Crippen MR) is 98.3 cm³/mol. The molecule has 1 saturated heterocycles. The van der Waals surface area contributed by atoms with E-state index < -0.39 is 5.91 Å². The summed E-state index contributed by atoms with van der Waals surface area (Å²) in [7, 11) is 0. The summed E-state index contributed by atoms with van der Waals surface area (Å²) >= 11 is 1.23. The number of fused-ring (bicyclic) bond motifs is 1. The molecule has 0 bridgehead atoms. The van der Waals surface area contributed by atoms with E-state index in [0.29, 0.717) is 10.8 Å². The van der Waals surface area contributed by atoms with Gasteiger partial charge in [-0.2, -0.15) is 0 Å². The Labute approximate surface area is 159 Å². The van der Waals surface area contributed by atoms with Gasteiger partial charge in [-0.05, 0) is 37.1 Å². The van der Waals surface area contributed by atoms with Gasteiger partial charge in [-0.25, -0.2) is 9.37 Å². The number of carbonyl (C=O) groups excluding carboxylic acids is 3. The van der Waals surface area contributed by atoms with Crippen LogP contribution in [-0.4, -0.2) is 34.2 Å². The lowest BCUT2D eigenvalue weighted by Gasteiger charge is -2.19. The molecule has 6 nitrogen and oxygen atoms in total. The fourth-order valence-corrected chi connectivity index (χ4v) is 4.51. The summed E-state index contributed by atoms with van der Waals surface area (Å²) in [5.74, 6) is -1.76. The Kier molecular flexibility index (Phi) is 4.73.